The summed E-state index contributed by atoms with van der Waals surface area (Å²) >= 11 is 1.19. The van der Waals surface area contributed by atoms with Gasteiger partial charge >= 0.3 is 0 Å². The van der Waals surface area contributed by atoms with E-state index in [4.69, 9.17) is 4.74 Å². The van der Waals surface area contributed by atoms with Gasteiger partial charge in [0.1, 0.15) is 22.2 Å². The molecule has 2 heterocycles. The van der Waals surface area contributed by atoms with Crippen molar-refractivity contribution >= 4 is 27.2 Å². The zero-order valence-electron chi connectivity index (χ0n) is 19.0. The van der Waals surface area contributed by atoms with E-state index >= 15 is 0 Å². The molecule has 1 saturated heterocycles. The van der Waals surface area contributed by atoms with Crippen LogP contribution in [0.15, 0.2) is 66.7 Å². The molecule has 0 unspecified atom stereocenters. The van der Waals surface area contributed by atoms with Crippen molar-refractivity contribution in [3.63, 3.8) is 0 Å². The number of carbonyl (C=O) groups is 1. The number of nitrogens with zero attached hydrogens (tertiary/aromatic N) is 1. The summed E-state index contributed by atoms with van der Waals surface area (Å²) in [4.78, 5) is 16.1. The summed E-state index contributed by atoms with van der Waals surface area (Å²) in [6.45, 7) is 5.68. The second-order valence-corrected chi connectivity index (χ2v) is 9.99. The summed E-state index contributed by atoms with van der Waals surface area (Å²) in [5, 5.41) is 10.6. The maximum absolute atomic E-state index is 14.4. The van der Waals surface area contributed by atoms with Gasteiger partial charge in [-0.2, -0.15) is 0 Å². The van der Waals surface area contributed by atoms with Gasteiger partial charge in [-0.3, -0.25) is 4.79 Å². The van der Waals surface area contributed by atoms with Crippen molar-refractivity contribution in [2.24, 2.45) is 5.92 Å². The van der Waals surface area contributed by atoms with Crippen LogP contribution in [0.3, 0.4) is 0 Å². The number of phenols is 1. The summed E-state index contributed by atoms with van der Waals surface area (Å²) in [6, 6.07) is 18.7. The molecule has 34 heavy (non-hydrogen) atoms. The maximum Gasteiger partial charge on any atom is 0.209 e. The molecule has 1 atom stereocenters. The lowest BCUT2D eigenvalue weighted by Crippen LogP contribution is -2.22. The van der Waals surface area contributed by atoms with Gasteiger partial charge in [-0.15, -0.1) is 11.3 Å². The highest BCUT2D eigenvalue weighted by Gasteiger charge is 2.24. The van der Waals surface area contributed by atoms with Gasteiger partial charge in [0.2, 0.25) is 5.78 Å². The Morgan fingerprint density at radius 3 is 2.68 bits per heavy atom. The van der Waals surface area contributed by atoms with E-state index in [0.29, 0.717) is 26.5 Å². The van der Waals surface area contributed by atoms with Crippen LogP contribution in [0.2, 0.25) is 0 Å². The van der Waals surface area contributed by atoms with Crippen LogP contribution in [0.5, 0.6) is 17.2 Å². The van der Waals surface area contributed by atoms with E-state index < -0.39 is 11.6 Å². The topological polar surface area (TPSA) is 49.8 Å². The van der Waals surface area contributed by atoms with Gasteiger partial charge in [0.25, 0.3) is 0 Å². The number of ketones is 1. The molecule has 4 nitrogen and oxygen atoms in total. The first-order valence-electron chi connectivity index (χ1n) is 11.5. The van der Waals surface area contributed by atoms with E-state index in [1.165, 1.54) is 48.5 Å². The fourth-order valence-electron chi connectivity index (χ4n) is 4.44. The highest BCUT2D eigenvalue weighted by molar-refractivity contribution is 7.21. The number of aromatic hydroxyl groups is 1. The molecule has 1 N–H and O–H groups in total. The highest BCUT2D eigenvalue weighted by atomic mass is 32.1. The van der Waals surface area contributed by atoms with E-state index in [1.54, 1.807) is 30.3 Å². The van der Waals surface area contributed by atoms with Crippen molar-refractivity contribution in [2.45, 2.75) is 19.8 Å². The normalized spacial score (nSPS) is 16.2. The van der Waals surface area contributed by atoms with Crippen LogP contribution in [0.4, 0.5) is 4.39 Å². The third-order valence-corrected chi connectivity index (χ3v) is 7.45. The monoisotopic (exact) mass is 475 g/mol. The molecule has 5 rings (SSSR count). The number of hydrogen-bond acceptors (Lipinski definition) is 5. The number of hydrogen-bond donors (Lipinski definition) is 1. The molecule has 0 radical (unpaired) electrons. The minimum absolute atomic E-state index is 0.00490. The molecule has 4 aromatic rings. The van der Waals surface area contributed by atoms with E-state index in [-0.39, 0.29) is 11.3 Å². The van der Waals surface area contributed by atoms with Gasteiger partial charge in [0.15, 0.2) is 5.75 Å². The Morgan fingerprint density at radius 2 is 1.94 bits per heavy atom. The zero-order chi connectivity index (χ0) is 23.7. The van der Waals surface area contributed by atoms with E-state index in [1.807, 2.05) is 24.3 Å². The van der Waals surface area contributed by atoms with E-state index in [9.17, 15) is 14.3 Å². The number of halogens is 1. The summed E-state index contributed by atoms with van der Waals surface area (Å²) in [5.74, 6) is 0.850. The maximum atomic E-state index is 14.4. The summed E-state index contributed by atoms with van der Waals surface area (Å²) in [7, 11) is 0. The Labute approximate surface area is 202 Å². The van der Waals surface area contributed by atoms with Crippen molar-refractivity contribution in [3.8, 4) is 17.2 Å². The average Bonchev–Trinajstić information content (AvgIpc) is 3.41. The first-order chi connectivity index (χ1) is 16.5. The number of phenolic OH excluding ortho intramolecular Hbond substituents is 1. The number of likely N-dealkylation sites (tertiary alicyclic amines) is 1. The van der Waals surface area contributed by atoms with Crippen molar-refractivity contribution in [3.05, 3.63) is 88.6 Å². The van der Waals surface area contributed by atoms with Crippen LogP contribution in [-0.4, -0.2) is 35.4 Å². The molecule has 0 bridgehead atoms. The summed E-state index contributed by atoms with van der Waals surface area (Å²) in [6.07, 6.45) is 2.25. The lowest BCUT2D eigenvalue weighted by atomic mass is 10.1. The third kappa shape index (κ3) is 4.69. The largest absolute Gasteiger partial charge is 0.508 e. The molecular formula is C28H26FNO3S. The first kappa shape index (κ1) is 22.6. The molecule has 0 saturated carbocycles. The predicted octanol–water partition coefficient (Wildman–Crippen LogP) is 6.65. The first-order valence-corrected chi connectivity index (χ1v) is 12.3. The number of benzene rings is 3. The van der Waals surface area contributed by atoms with Crippen LogP contribution in [-0.2, 0) is 6.42 Å². The molecule has 1 fully saturated rings. The van der Waals surface area contributed by atoms with Gasteiger partial charge in [0.05, 0.1) is 5.56 Å². The Morgan fingerprint density at radius 1 is 1.15 bits per heavy atom. The SMILES string of the molecule is C[C@H]1CCN(CCc2ccc(Oc3c(C(=O)c4ccccc4F)sc4cc(O)ccc34)cc2)C1. The second-order valence-electron chi connectivity index (χ2n) is 8.94. The lowest BCUT2D eigenvalue weighted by Gasteiger charge is -2.15. The molecule has 3 aromatic carbocycles. The molecule has 0 amide bonds. The van der Waals surface area contributed by atoms with Gasteiger partial charge < -0.3 is 14.7 Å². The zero-order valence-corrected chi connectivity index (χ0v) is 19.8. The van der Waals surface area contributed by atoms with Crippen molar-refractivity contribution in [2.75, 3.05) is 19.6 Å². The lowest BCUT2D eigenvalue weighted by molar-refractivity contribution is 0.103. The standard InChI is InChI=1S/C28H26FNO3S/c1-18-12-14-30(17-18)15-13-19-6-9-21(10-7-19)33-27-23-11-8-20(31)16-25(23)34-28(27)26(32)22-4-2-3-5-24(22)29/h2-11,16,18,31H,12-15,17H2,1H3/t18-/m0/s1. The van der Waals surface area contributed by atoms with Crippen LogP contribution >= 0.6 is 11.3 Å². The quantitative estimate of drug-likeness (QED) is 0.304. The molecular weight excluding hydrogens is 449 g/mol. The number of rotatable bonds is 7. The smallest absolute Gasteiger partial charge is 0.209 e. The molecule has 0 spiro atoms. The van der Waals surface area contributed by atoms with Crippen LogP contribution < -0.4 is 4.74 Å². The van der Waals surface area contributed by atoms with Gasteiger partial charge in [-0.1, -0.05) is 31.2 Å². The molecule has 174 valence electrons. The fraction of sp³-hybridized carbons (Fsp3) is 0.250. The molecule has 0 aliphatic carbocycles. The average molecular weight is 476 g/mol. The number of fused-ring (bicyclic) bond motifs is 1. The minimum Gasteiger partial charge on any atom is -0.508 e. The third-order valence-electron chi connectivity index (χ3n) is 6.32. The Hall–Kier alpha value is -3.22. The molecule has 1 aliphatic rings. The molecule has 6 heteroatoms. The minimum atomic E-state index is -0.574. The Kier molecular flexibility index (Phi) is 6.35. The second kappa shape index (κ2) is 9.57. The van der Waals surface area contributed by atoms with Gasteiger partial charge in [-0.25, -0.2) is 4.39 Å². The van der Waals surface area contributed by atoms with Crippen LogP contribution in [0, 0.1) is 11.7 Å². The predicted molar refractivity (Wildman–Crippen MR) is 134 cm³/mol. The van der Waals surface area contributed by atoms with E-state index in [2.05, 4.69) is 11.8 Å². The number of thiophene rings is 1. The fourth-order valence-corrected chi connectivity index (χ4v) is 5.56. The number of carbonyl (C=O) groups excluding carboxylic acids is 1. The van der Waals surface area contributed by atoms with Crippen molar-refractivity contribution in [1.82, 2.24) is 4.90 Å². The van der Waals surface area contributed by atoms with Crippen LogP contribution in [0.25, 0.3) is 10.1 Å². The Bertz CT molecular complexity index is 1330. The summed E-state index contributed by atoms with van der Waals surface area (Å²) < 4.78 is 21.3. The summed E-state index contributed by atoms with van der Waals surface area (Å²) in [5.41, 5.74) is 1.23. The number of ether oxygens (including phenoxy) is 1. The highest BCUT2D eigenvalue weighted by Crippen LogP contribution is 2.42. The van der Waals surface area contributed by atoms with Gasteiger partial charge in [-0.05, 0) is 73.3 Å². The molecule has 1 aromatic heterocycles. The van der Waals surface area contributed by atoms with Crippen molar-refractivity contribution in [1.29, 1.82) is 0 Å². The Balaban J connectivity index is 1.41. The van der Waals surface area contributed by atoms with Crippen LogP contribution in [0.1, 0.15) is 34.1 Å². The van der Waals surface area contributed by atoms with E-state index in [0.717, 1.165) is 18.9 Å². The van der Waals surface area contributed by atoms with Crippen molar-refractivity contribution < 1.29 is 19.0 Å². The van der Waals surface area contributed by atoms with Gasteiger partial charge in [0, 0.05) is 23.2 Å². The molecule has 1 aliphatic heterocycles.